The van der Waals surface area contributed by atoms with Gasteiger partial charge >= 0.3 is 0 Å². The monoisotopic (exact) mass is 669 g/mol. The predicted octanol–water partition coefficient (Wildman–Crippen LogP) is -7.70. The van der Waals surface area contributed by atoms with Gasteiger partial charge in [0.2, 0.25) is 17.8 Å². The average molecular weight is 670 g/mol. The highest BCUT2D eigenvalue weighted by molar-refractivity contribution is 5.88. The first kappa shape index (κ1) is 35.8. The Morgan fingerprint density at radius 3 is 2.55 bits per heavy atom. The van der Waals surface area contributed by atoms with Crippen molar-refractivity contribution in [2.24, 2.45) is 33.7 Å². The largest absolute Gasteiger partial charge is 0.389 e. The van der Waals surface area contributed by atoms with Gasteiger partial charge in [-0.15, -0.1) is 0 Å². The van der Waals surface area contributed by atoms with Crippen LogP contribution in [0.2, 0.25) is 0 Å². The van der Waals surface area contributed by atoms with Gasteiger partial charge in [0, 0.05) is 25.2 Å². The molecule has 0 aromatic carbocycles. The Bertz CT molecular complexity index is 1480. The zero-order valence-electron chi connectivity index (χ0n) is 25.3. The lowest BCUT2D eigenvalue weighted by Crippen LogP contribution is -2.67. The molecular weight excluding hydrogens is 626 g/mol. The maximum atomic E-state index is 13.3. The van der Waals surface area contributed by atoms with Gasteiger partial charge in [0.25, 0.3) is 5.56 Å². The number of imidazole rings is 1. The molecule has 0 spiro atoms. The van der Waals surface area contributed by atoms with Crippen molar-refractivity contribution in [3.05, 3.63) is 16.7 Å². The number of hydrogen-bond donors (Lipinski definition) is 13. The molecule has 4 rings (SSSR count). The van der Waals surface area contributed by atoms with Crippen molar-refractivity contribution in [2.45, 2.75) is 92.9 Å². The molecule has 2 fully saturated rings. The minimum atomic E-state index is -1.57. The number of nitrogen functional groups attached to an aromatic ring is 1. The summed E-state index contributed by atoms with van der Waals surface area (Å²) in [7, 11) is 0. The molecule has 1 saturated carbocycles. The van der Waals surface area contributed by atoms with E-state index >= 15 is 0 Å². The number of guanidine groups is 1. The van der Waals surface area contributed by atoms with E-state index in [-0.39, 0.29) is 62.0 Å². The smallest absolute Gasteiger partial charge is 0.280 e. The van der Waals surface area contributed by atoms with Gasteiger partial charge in [0.05, 0.1) is 18.5 Å². The van der Waals surface area contributed by atoms with E-state index in [1.165, 1.54) is 10.9 Å². The molecule has 2 aliphatic rings. The van der Waals surface area contributed by atoms with Crippen molar-refractivity contribution in [1.82, 2.24) is 30.2 Å². The maximum Gasteiger partial charge on any atom is 0.280 e. The highest BCUT2D eigenvalue weighted by Gasteiger charge is 2.48. The van der Waals surface area contributed by atoms with Gasteiger partial charge in [-0.05, 0) is 19.3 Å². The van der Waals surface area contributed by atoms with Gasteiger partial charge < -0.3 is 79.5 Å². The number of hydrogen-bond acceptors (Lipinski definition) is 16. The fraction of sp³-hybridized carbons (Fsp3) is 0.680. The lowest BCUT2D eigenvalue weighted by molar-refractivity contribution is -0.288. The van der Waals surface area contributed by atoms with Gasteiger partial charge in [0.15, 0.2) is 23.4 Å². The predicted molar refractivity (Wildman–Crippen MR) is 164 cm³/mol. The zero-order chi connectivity index (χ0) is 34.6. The summed E-state index contributed by atoms with van der Waals surface area (Å²) in [4.78, 5) is 52.5. The number of nitrogens with zero attached hydrogens (tertiary/aromatic N) is 4. The Balaban J connectivity index is 1.42. The number of aliphatic imine (C=N–C) groups is 1. The van der Waals surface area contributed by atoms with E-state index in [9.17, 15) is 34.8 Å². The summed E-state index contributed by atoms with van der Waals surface area (Å²) in [6.07, 6.45) is -8.08. The third kappa shape index (κ3) is 8.48. The number of fused-ring (bicyclic) bond motifs is 1. The molecule has 262 valence electrons. The quantitative estimate of drug-likeness (QED) is 0.0566. The van der Waals surface area contributed by atoms with Crippen LogP contribution in [0, 0.1) is 0 Å². The summed E-state index contributed by atoms with van der Waals surface area (Å²) >= 11 is 0. The third-order valence-corrected chi connectivity index (χ3v) is 8.01. The number of nitrogens with two attached hydrogens (primary N) is 6. The molecule has 2 amide bonds. The Labute approximate surface area is 266 Å². The van der Waals surface area contributed by atoms with Gasteiger partial charge in [-0.25, -0.2) is 4.98 Å². The summed E-state index contributed by atoms with van der Waals surface area (Å²) in [6, 6.07) is -4.01. The number of aromatic nitrogens is 4. The minimum Gasteiger partial charge on any atom is -0.389 e. The minimum absolute atomic E-state index is 0.0338. The van der Waals surface area contributed by atoms with Crippen LogP contribution >= 0.6 is 0 Å². The summed E-state index contributed by atoms with van der Waals surface area (Å²) < 4.78 is 12.8. The van der Waals surface area contributed by atoms with Crippen molar-refractivity contribution >= 4 is 34.9 Å². The summed E-state index contributed by atoms with van der Waals surface area (Å²) in [6.45, 7) is -0.580. The van der Waals surface area contributed by atoms with Crippen LogP contribution in [-0.2, 0) is 25.6 Å². The number of aliphatic hydroxyl groups is 4. The highest BCUT2D eigenvalue weighted by atomic mass is 16.7. The van der Waals surface area contributed by atoms with E-state index < -0.39 is 84.5 Å². The van der Waals surface area contributed by atoms with Crippen molar-refractivity contribution < 1.29 is 39.5 Å². The van der Waals surface area contributed by atoms with Crippen LogP contribution in [0.4, 0.5) is 5.95 Å². The number of rotatable bonds is 12. The third-order valence-electron chi connectivity index (χ3n) is 8.01. The molecule has 22 heteroatoms. The fourth-order valence-corrected chi connectivity index (χ4v) is 5.45. The maximum absolute atomic E-state index is 13.3. The summed E-state index contributed by atoms with van der Waals surface area (Å²) in [5.74, 6) is -1.65. The first-order valence-corrected chi connectivity index (χ1v) is 14.8. The lowest BCUT2D eigenvalue weighted by Gasteiger charge is -2.46. The molecule has 0 bridgehead atoms. The second kappa shape index (κ2) is 15.3. The number of H-pyrrole nitrogens is 1. The Morgan fingerprint density at radius 1 is 1.13 bits per heavy atom. The SMILES string of the molecule is NC(N)=NCCC[C@H](NC(=O)Cn1cnc2c(=O)[nH]c(N)nc21)C(=O)NC[C@H]1O[C@H](OC2C(N)CC(N)C(O)C2O)[C@H](N)[C@@H](O)[C@@H]1O. The molecule has 1 aliphatic heterocycles. The van der Waals surface area contributed by atoms with E-state index in [0.717, 1.165) is 0 Å². The molecule has 1 saturated heterocycles. The molecule has 2 aromatic rings. The molecule has 47 heavy (non-hydrogen) atoms. The molecule has 19 N–H and O–H groups in total. The Morgan fingerprint density at radius 2 is 1.85 bits per heavy atom. The average Bonchev–Trinajstić information content (AvgIpc) is 3.40. The summed E-state index contributed by atoms with van der Waals surface area (Å²) in [5.41, 5.74) is 33.7. The Hall–Kier alpha value is -4.00. The van der Waals surface area contributed by atoms with Crippen LogP contribution in [0.3, 0.4) is 0 Å². The van der Waals surface area contributed by atoms with E-state index in [1.807, 2.05) is 0 Å². The van der Waals surface area contributed by atoms with Crippen LogP contribution < -0.4 is 50.6 Å². The molecule has 1 aliphatic carbocycles. The van der Waals surface area contributed by atoms with Crippen molar-refractivity contribution in [2.75, 3.05) is 18.8 Å². The van der Waals surface area contributed by atoms with Gasteiger partial charge in [-0.3, -0.25) is 24.4 Å². The van der Waals surface area contributed by atoms with Crippen LogP contribution in [0.1, 0.15) is 19.3 Å². The Kier molecular flexibility index (Phi) is 11.6. The number of ether oxygens (including phenoxy) is 2. The highest BCUT2D eigenvalue weighted by Crippen LogP contribution is 2.27. The first-order chi connectivity index (χ1) is 22.2. The number of carbonyl (C=O) groups is 2. The van der Waals surface area contributed by atoms with Crippen molar-refractivity contribution in [1.29, 1.82) is 0 Å². The molecule has 22 nitrogen and oxygen atoms in total. The topological polar surface area (TPSA) is 390 Å². The van der Waals surface area contributed by atoms with Crippen molar-refractivity contribution in [3.63, 3.8) is 0 Å². The van der Waals surface area contributed by atoms with Crippen LogP contribution in [0.15, 0.2) is 16.1 Å². The molecule has 0 radical (unpaired) electrons. The molecule has 11 atom stereocenters. The number of nitrogens with one attached hydrogen (secondary N) is 3. The number of amides is 2. The number of anilines is 1. The second-order valence-electron chi connectivity index (χ2n) is 11.6. The van der Waals surface area contributed by atoms with Crippen LogP contribution in [-0.4, -0.2) is 138 Å². The van der Waals surface area contributed by atoms with Crippen LogP contribution in [0.25, 0.3) is 11.2 Å². The summed E-state index contributed by atoms with van der Waals surface area (Å²) in [5, 5.41) is 47.1. The number of aromatic amines is 1. The van der Waals surface area contributed by atoms with Gasteiger partial charge in [-0.2, -0.15) is 4.98 Å². The van der Waals surface area contributed by atoms with Crippen LogP contribution in [0.5, 0.6) is 0 Å². The second-order valence-corrected chi connectivity index (χ2v) is 11.6. The standard InChI is InChI=1S/C25H43N13O9/c26-8-4-9(27)19(18(43)15(8)40)47-23-13(28)17(42)16(41)11(46-23)5-33-21(44)10(2-1-3-32-24(29)30)35-12(39)6-38-7-34-14-20(38)36-25(31)37-22(14)45/h7-11,13,15-19,23,40-43H,1-6,26-28H2,(H,33,44)(H,35,39)(H4,29,30,32)(H3,31,36,37,45)/t8?,9?,10-,11+,13+,15?,16+,17+,18?,19?,23+/m0/s1. The van der Waals surface area contributed by atoms with Crippen molar-refractivity contribution in [3.8, 4) is 0 Å². The molecule has 2 aromatic heterocycles. The van der Waals surface area contributed by atoms with Gasteiger partial charge in [0.1, 0.15) is 43.1 Å². The molecular formula is C25H43N13O9. The molecule has 5 unspecified atom stereocenters. The van der Waals surface area contributed by atoms with E-state index in [2.05, 4.69) is 30.6 Å². The lowest BCUT2D eigenvalue weighted by atomic mass is 9.84. The zero-order valence-corrected chi connectivity index (χ0v) is 25.3. The molecule has 3 heterocycles. The number of carbonyl (C=O) groups excluding carboxylic acids is 2. The first-order valence-electron chi connectivity index (χ1n) is 14.8. The van der Waals surface area contributed by atoms with E-state index in [0.29, 0.717) is 0 Å². The normalized spacial score (nSPS) is 31.6. The van der Waals surface area contributed by atoms with E-state index in [4.69, 9.17) is 43.9 Å². The van der Waals surface area contributed by atoms with Gasteiger partial charge in [-0.1, -0.05) is 0 Å². The van der Waals surface area contributed by atoms with E-state index in [1.54, 1.807) is 0 Å². The number of aliphatic hydroxyl groups excluding tert-OH is 4. The fourth-order valence-electron chi connectivity index (χ4n) is 5.45.